The minimum Gasteiger partial charge on any atom is -0.267 e. The monoisotopic (exact) mass is 257 g/mol. The third-order valence-corrected chi connectivity index (χ3v) is 3.28. The van der Waals surface area contributed by atoms with Crippen LogP contribution in [-0.4, -0.2) is 20.4 Å². The van der Waals surface area contributed by atoms with Gasteiger partial charge in [-0.2, -0.15) is 10.2 Å². The van der Waals surface area contributed by atoms with Gasteiger partial charge in [-0.05, 0) is 23.6 Å². The Hall–Kier alpha value is -2.21. The Kier molecular flexibility index (Phi) is 2.77. The van der Waals surface area contributed by atoms with E-state index in [2.05, 4.69) is 15.3 Å². The van der Waals surface area contributed by atoms with Gasteiger partial charge in [-0.15, -0.1) is 16.4 Å². The molecule has 3 heterocycles. The van der Waals surface area contributed by atoms with Crippen LogP contribution in [0, 0.1) is 0 Å². The highest BCUT2D eigenvalue weighted by molar-refractivity contribution is 7.11. The lowest BCUT2D eigenvalue weighted by atomic mass is 10.5. The van der Waals surface area contributed by atoms with E-state index in [0.717, 1.165) is 10.5 Å². The van der Waals surface area contributed by atoms with Crippen molar-refractivity contribution < 1.29 is 0 Å². The summed E-state index contributed by atoms with van der Waals surface area (Å²) in [5.74, 6) is 0. The molecule has 0 fully saturated rings. The van der Waals surface area contributed by atoms with Gasteiger partial charge in [0, 0.05) is 18.1 Å². The summed E-state index contributed by atoms with van der Waals surface area (Å²) < 4.78 is 3.60. The van der Waals surface area contributed by atoms with E-state index in [0.29, 0.717) is 5.62 Å². The molecule has 0 aliphatic heterocycles. The normalized spacial score (nSPS) is 12.8. The minimum absolute atomic E-state index is 0.693. The van der Waals surface area contributed by atoms with E-state index in [9.17, 15) is 0 Å². The van der Waals surface area contributed by atoms with Gasteiger partial charge in [0.05, 0.1) is 6.21 Å². The quantitative estimate of drug-likeness (QED) is 0.509. The maximum absolute atomic E-state index is 4.34. The van der Waals surface area contributed by atoms with Crippen molar-refractivity contribution >= 4 is 23.2 Å². The number of pyridine rings is 1. The van der Waals surface area contributed by atoms with Gasteiger partial charge in [-0.25, -0.2) is 4.68 Å². The number of nitrogens with zero attached hydrogens (tertiary/aromatic N) is 5. The van der Waals surface area contributed by atoms with E-state index in [1.54, 1.807) is 22.2 Å². The zero-order valence-corrected chi connectivity index (χ0v) is 10.6. The highest BCUT2D eigenvalue weighted by Crippen LogP contribution is 2.04. The van der Waals surface area contributed by atoms with E-state index in [-0.39, 0.29) is 0 Å². The Balaban J connectivity index is 2.06. The van der Waals surface area contributed by atoms with Crippen molar-refractivity contribution in [2.45, 2.75) is 0 Å². The van der Waals surface area contributed by atoms with Crippen molar-refractivity contribution in [2.24, 2.45) is 17.3 Å². The van der Waals surface area contributed by atoms with Gasteiger partial charge in [0.1, 0.15) is 0 Å². The topological polar surface area (TPSA) is 47.0 Å². The Morgan fingerprint density at radius 3 is 3.06 bits per heavy atom. The Bertz CT molecular complexity index is 748. The van der Waals surface area contributed by atoms with Gasteiger partial charge in [-0.1, -0.05) is 12.1 Å². The molecule has 6 heteroatoms. The van der Waals surface area contributed by atoms with Gasteiger partial charge in [0.2, 0.25) is 0 Å². The number of rotatable bonds is 2. The van der Waals surface area contributed by atoms with Crippen molar-refractivity contribution in [1.82, 2.24) is 14.2 Å². The number of aryl methyl sites for hydroxylation is 1. The molecule has 18 heavy (non-hydrogen) atoms. The van der Waals surface area contributed by atoms with Gasteiger partial charge in [0.15, 0.2) is 5.65 Å². The fraction of sp³-hybridized carbons (Fsp3) is 0.0833. The van der Waals surface area contributed by atoms with Crippen molar-refractivity contribution in [1.29, 1.82) is 0 Å². The summed E-state index contributed by atoms with van der Waals surface area (Å²) in [4.78, 5) is 1.08. The maximum atomic E-state index is 4.34. The molecule has 0 aromatic carbocycles. The van der Waals surface area contributed by atoms with E-state index >= 15 is 0 Å². The van der Waals surface area contributed by atoms with Crippen LogP contribution in [0.15, 0.2) is 52.1 Å². The molecule has 3 aromatic heterocycles. The van der Waals surface area contributed by atoms with Crippen LogP contribution in [0.4, 0.5) is 0 Å². The maximum Gasteiger partial charge on any atom is 0.251 e. The number of hydrogen-bond donors (Lipinski definition) is 0. The second-order valence-corrected chi connectivity index (χ2v) is 4.69. The smallest absolute Gasteiger partial charge is 0.251 e. The number of thiophene rings is 1. The van der Waals surface area contributed by atoms with Gasteiger partial charge < -0.3 is 0 Å². The van der Waals surface area contributed by atoms with Crippen molar-refractivity contribution in [2.75, 3.05) is 0 Å². The molecule has 0 atom stereocenters. The van der Waals surface area contributed by atoms with Gasteiger partial charge in [0.25, 0.3) is 5.62 Å². The van der Waals surface area contributed by atoms with Crippen LogP contribution in [0.5, 0.6) is 0 Å². The number of fused-ring (bicyclic) bond motifs is 1. The van der Waals surface area contributed by atoms with E-state index in [1.807, 2.05) is 53.4 Å². The first-order chi connectivity index (χ1) is 8.84. The standard InChI is InChI=1S/C12H11N5S/c1-16-12(14-13-9-10-5-4-8-18-10)17-7-3-2-6-11(17)15-16/h2-9H,1H3/b13-9+,14-12+. The van der Waals surface area contributed by atoms with Gasteiger partial charge >= 0.3 is 0 Å². The molecule has 0 N–H and O–H groups in total. The van der Waals surface area contributed by atoms with Gasteiger partial charge in [-0.3, -0.25) is 4.40 Å². The van der Waals surface area contributed by atoms with Crippen LogP contribution < -0.4 is 5.62 Å². The third-order valence-electron chi connectivity index (χ3n) is 2.47. The van der Waals surface area contributed by atoms with Crippen LogP contribution in [-0.2, 0) is 7.05 Å². The van der Waals surface area contributed by atoms with Crippen LogP contribution in [0.2, 0.25) is 0 Å². The summed E-state index contributed by atoms with van der Waals surface area (Å²) in [7, 11) is 1.85. The summed E-state index contributed by atoms with van der Waals surface area (Å²) in [6, 6.07) is 9.80. The largest absolute Gasteiger partial charge is 0.267 e. The summed E-state index contributed by atoms with van der Waals surface area (Å²) >= 11 is 1.63. The van der Waals surface area contributed by atoms with Crippen LogP contribution in [0.25, 0.3) is 5.65 Å². The van der Waals surface area contributed by atoms with Crippen LogP contribution in [0.3, 0.4) is 0 Å². The molecule has 3 aromatic rings. The molecule has 3 rings (SSSR count). The fourth-order valence-electron chi connectivity index (χ4n) is 1.65. The molecule has 90 valence electrons. The first kappa shape index (κ1) is 10.9. The highest BCUT2D eigenvalue weighted by Gasteiger charge is 1.99. The zero-order valence-electron chi connectivity index (χ0n) is 9.76. The van der Waals surface area contributed by atoms with Crippen molar-refractivity contribution in [3.05, 3.63) is 52.4 Å². The predicted octanol–water partition coefficient (Wildman–Crippen LogP) is 1.67. The first-order valence-corrected chi connectivity index (χ1v) is 6.33. The average molecular weight is 257 g/mol. The Morgan fingerprint density at radius 2 is 2.22 bits per heavy atom. The first-order valence-electron chi connectivity index (χ1n) is 5.45. The molecule has 0 saturated heterocycles. The summed E-state index contributed by atoms with van der Waals surface area (Å²) in [6.45, 7) is 0. The predicted molar refractivity (Wildman–Crippen MR) is 71.6 cm³/mol. The summed E-state index contributed by atoms with van der Waals surface area (Å²) in [5.41, 5.74) is 1.54. The second kappa shape index (κ2) is 4.58. The van der Waals surface area contributed by atoms with Crippen LogP contribution in [0.1, 0.15) is 4.88 Å². The summed E-state index contributed by atoms with van der Waals surface area (Å²) in [6.07, 6.45) is 3.66. The molecular weight excluding hydrogens is 246 g/mol. The molecule has 0 saturated carbocycles. The molecule has 0 spiro atoms. The lowest BCUT2D eigenvalue weighted by Gasteiger charge is -1.88. The summed E-state index contributed by atoms with van der Waals surface area (Å²) in [5, 5.41) is 14.7. The van der Waals surface area contributed by atoms with Crippen molar-refractivity contribution in [3.8, 4) is 0 Å². The zero-order chi connectivity index (χ0) is 12.4. The Labute approximate surface area is 107 Å². The molecule has 0 bridgehead atoms. The van der Waals surface area contributed by atoms with E-state index in [1.165, 1.54) is 0 Å². The molecule has 0 radical (unpaired) electrons. The lowest BCUT2D eigenvalue weighted by molar-refractivity contribution is 0.702. The molecular formula is C12H11N5S. The van der Waals surface area contributed by atoms with Crippen LogP contribution >= 0.6 is 11.3 Å². The van der Waals surface area contributed by atoms with Crippen molar-refractivity contribution in [3.63, 3.8) is 0 Å². The molecule has 5 nitrogen and oxygen atoms in total. The minimum atomic E-state index is 0.693. The molecule has 0 unspecified atom stereocenters. The molecule has 0 aliphatic carbocycles. The second-order valence-electron chi connectivity index (χ2n) is 3.71. The Morgan fingerprint density at radius 1 is 1.28 bits per heavy atom. The molecule has 0 aliphatic rings. The van der Waals surface area contributed by atoms with E-state index in [4.69, 9.17) is 0 Å². The molecule has 0 amide bonds. The lowest BCUT2D eigenvalue weighted by Crippen LogP contribution is -2.19. The van der Waals surface area contributed by atoms with E-state index < -0.39 is 0 Å². The average Bonchev–Trinajstić information content (AvgIpc) is 2.98. The third kappa shape index (κ3) is 1.98. The number of aromatic nitrogens is 3. The fourth-order valence-corrected chi connectivity index (χ4v) is 2.23. The highest BCUT2D eigenvalue weighted by atomic mass is 32.1. The SMILES string of the molecule is Cn1nc2ccccn2/c1=N/N=C/c1cccs1. The number of hydrogen-bond acceptors (Lipinski definition) is 4.